The van der Waals surface area contributed by atoms with Gasteiger partial charge in [0, 0.05) is 5.69 Å². The molecule has 3 nitrogen and oxygen atoms in total. The Kier molecular flexibility index (Phi) is 4.15. The summed E-state index contributed by atoms with van der Waals surface area (Å²) in [7, 11) is 0. The quantitative estimate of drug-likeness (QED) is 0.761. The maximum Gasteiger partial charge on any atom is 0.104 e. The first-order chi connectivity index (χ1) is 10.2. The second kappa shape index (κ2) is 6.22. The van der Waals surface area contributed by atoms with Crippen molar-refractivity contribution in [2.75, 3.05) is 0 Å². The van der Waals surface area contributed by atoms with E-state index in [4.69, 9.17) is 0 Å². The van der Waals surface area contributed by atoms with E-state index in [2.05, 4.69) is 51.6 Å². The molecule has 0 aliphatic carbocycles. The first kappa shape index (κ1) is 14.0. The summed E-state index contributed by atoms with van der Waals surface area (Å²) in [5.74, 6) is 0. The van der Waals surface area contributed by atoms with E-state index in [0.29, 0.717) is 0 Å². The van der Waals surface area contributed by atoms with E-state index in [1.54, 1.807) is 11.3 Å². The monoisotopic (exact) mass is 297 g/mol. The molecule has 0 aliphatic heterocycles. The zero-order valence-corrected chi connectivity index (χ0v) is 13.2. The maximum atomic E-state index is 4.46. The SMILES string of the molecule is Cc1nc(C)c(-c2cc(CCCc3ccccc3)[nH]n2)s1. The lowest BCUT2D eigenvalue weighted by molar-refractivity contribution is 0.793. The average molecular weight is 297 g/mol. The fraction of sp³-hybridized carbons (Fsp3) is 0.294. The summed E-state index contributed by atoms with van der Waals surface area (Å²) in [5.41, 5.74) is 4.69. The van der Waals surface area contributed by atoms with Crippen LogP contribution < -0.4 is 0 Å². The molecule has 0 saturated heterocycles. The number of hydrogen-bond donors (Lipinski definition) is 1. The van der Waals surface area contributed by atoms with Gasteiger partial charge in [0.25, 0.3) is 0 Å². The van der Waals surface area contributed by atoms with Crippen LogP contribution in [0.2, 0.25) is 0 Å². The lowest BCUT2D eigenvalue weighted by Crippen LogP contribution is -1.90. The molecule has 0 atom stereocenters. The van der Waals surface area contributed by atoms with Gasteiger partial charge in [0.05, 0.1) is 15.6 Å². The number of thiazole rings is 1. The second-order valence-corrected chi connectivity index (χ2v) is 6.47. The van der Waals surface area contributed by atoms with Gasteiger partial charge in [-0.05, 0) is 44.7 Å². The fourth-order valence-corrected chi connectivity index (χ4v) is 3.38. The number of aromatic amines is 1. The van der Waals surface area contributed by atoms with Crippen LogP contribution in [0, 0.1) is 13.8 Å². The van der Waals surface area contributed by atoms with E-state index < -0.39 is 0 Å². The highest BCUT2D eigenvalue weighted by molar-refractivity contribution is 7.15. The minimum Gasteiger partial charge on any atom is -0.282 e. The molecule has 0 fully saturated rings. The Labute approximate surface area is 129 Å². The number of aromatic nitrogens is 3. The van der Waals surface area contributed by atoms with Crippen LogP contribution in [0.4, 0.5) is 0 Å². The van der Waals surface area contributed by atoms with Crippen molar-refractivity contribution < 1.29 is 0 Å². The number of aryl methyl sites for hydroxylation is 4. The molecule has 0 bridgehead atoms. The molecule has 2 aromatic heterocycles. The summed E-state index contributed by atoms with van der Waals surface area (Å²) in [6, 6.07) is 12.8. The second-order valence-electron chi connectivity index (χ2n) is 5.26. The topological polar surface area (TPSA) is 41.6 Å². The number of rotatable bonds is 5. The van der Waals surface area contributed by atoms with Crippen LogP contribution in [-0.4, -0.2) is 15.2 Å². The molecule has 0 spiro atoms. The molecule has 2 heterocycles. The van der Waals surface area contributed by atoms with Gasteiger partial charge in [-0.15, -0.1) is 11.3 Å². The molecule has 0 unspecified atom stereocenters. The third kappa shape index (κ3) is 3.39. The first-order valence-corrected chi connectivity index (χ1v) is 8.06. The molecule has 3 rings (SSSR count). The van der Waals surface area contributed by atoms with Gasteiger partial charge in [0.1, 0.15) is 5.69 Å². The van der Waals surface area contributed by atoms with Gasteiger partial charge >= 0.3 is 0 Å². The van der Waals surface area contributed by atoms with Gasteiger partial charge in [-0.3, -0.25) is 5.10 Å². The lowest BCUT2D eigenvalue weighted by atomic mass is 10.1. The molecule has 0 aliphatic rings. The van der Waals surface area contributed by atoms with Crippen LogP contribution in [0.5, 0.6) is 0 Å². The van der Waals surface area contributed by atoms with E-state index in [-0.39, 0.29) is 0 Å². The Bertz CT molecular complexity index is 713. The van der Waals surface area contributed by atoms with Crippen LogP contribution in [0.15, 0.2) is 36.4 Å². The van der Waals surface area contributed by atoms with Crippen molar-refractivity contribution in [2.24, 2.45) is 0 Å². The summed E-state index contributed by atoms with van der Waals surface area (Å²) in [6.07, 6.45) is 3.26. The highest BCUT2D eigenvalue weighted by Gasteiger charge is 2.11. The van der Waals surface area contributed by atoms with Crippen molar-refractivity contribution >= 4 is 11.3 Å². The Morgan fingerprint density at radius 1 is 1.10 bits per heavy atom. The minimum absolute atomic E-state index is 1.02. The Balaban J connectivity index is 1.62. The van der Waals surface area contributed by atoms with Gasteiger partial charge in [-0.1, -0.05) is 30.3 Å². The van der Waals surface area contributed by atoms with Crippen LogP contribution in [0.25, 0.3) is 10.6 Å². The van der Waals surface area contributed by atoms with Gasteiger partial charge in [0.2, 0.25) is 0 Å². The van der Waals surface area contributed by atoms with E-state index in [9.17, 15) is 0 Å². The van der Waals surface area contributed by atoms with E-state index in [0.717, 1.165) is 35.7 Å². The van der Waals surface area contributed by atoms with Crippen molar-refractivity contribution in [3.63, 3.8) is 0 Å². The summed E-state index contributed by atoms with van der Waals surface area (Å²) < 4.78 is 0. The predicted molar refractivity (Wildman–Crippen MR) is 87.6 cm³/mol. The highest BCUT2D eigenvalue weighted by atomic mass is 32.1. The fourth-order valence-electron chi connectivity index (χ4n) is 2.50. The first-order valence-electron chi connectivity index (χ1n) is 7.25. The van der Waals surface area contributed by atoms with Crippen LogP contribution >= 0.6 is 11.3 Å². The maximum absolute atomic E-state index is 4.46. The molecular weight excluding hydrogens is 278 g/mol. The molecule has 3 aromatic rings. The summed E-state index contributed by atoms with van der Waals surface area (Å²) >= 11 is 1.71. The summed E-state index contributed by atoms with van der Waals surface area (Å²) in [6.45, 7) is 4.08. The predicted octanol–water partition coefficient (Wildman–Crippen LogP) is 4.33. The van der Waals surface area contributed by atoms with Crippen molar-refractivity contribution in [1.29, 1.82) is 0 Å². The number of benzene rings is 1. The molecule has 1 N–H and O–H groups in total. The standard InChI is InChI=1S/C17H19N3S/c1-12-17(21-13(2)18-12)16-11-15(19-20-16)10-6-9-14-7-4-3-5-8-14/h3-5,7-8,11H,6,9-10H2,1-2H3,(H,19,20). The molecule has 4 heteroatoms. The minimum atomic E-state index is 1.02. The third-order valence-electron chi connectivity index (χ3n) is 3.52. The van der Waals surface area contributed by atoms with Crippen molar-refractivity contribution in [1.82, 2.24) is 15.2 Å². The number of nitrogens with zero attached hydrogens (tertiary/aromatic N) is 2. The smallest absolute Gasteiger partial charge is 0.104 e. The zero-order chi connectivity index (χ0) is 14.7. The van der Waals surface area contributed by atoms with Crippen LogP contribution in [0.1, 0.15) is 28.4 Å². The number of nitrogens with one attached hydrogen (secondary N) is 1. The molecule has 108 valence electrons. The van der Waals surface area contributed by atoms with Crippen molar-refractivity contribution in [2.45, 2.75) is 33.1 Å². The average Bonchev–Trinajstić information content (AvgIpc) is 3.06. The van der Waals surface area contributed by atoms with Gasteiger partial charge in [0.15, 0.2) is 0 Å². The lowest BCUT2D eigenvalue weighted by Gasteiger charge is -1.99. The number of hydrogen-bond acceptors (Lipinski definition) is 3. The van der Waals surface area contributed by atoms with Crippen molar-refractivity contribution in [3.8, 4) is 10.6 Å². The summed E-state index contributed by atoms with van der Waals surface area (Å²) in [4.78, 5) is 5.64. The van der Waals surface area contributed by atoms with Crippen LogP contribution in [-0.2, 0) is 12.8 Å². The van der Waals surface area contributed by atoms with Crippen LogP contribution in [0.3, 0.4) is 0 Å². The highest BCUT2D eigenvalue weighted by Crippen LogP contribution is 2.28. The van der Waals surface area contributed by atoms with Crippen molar-refractivity contribution in [3.05, 3.63) is 58.4 Å². The normalized spacial score (nSPS) is 11.0. The molecule has 0 radical (unpaired) electrons. The zero-order valence-electron chi connectivity index (χ0n) is 12.4. The Morgan fingerprint density at radius 2 is 1.90 bits per heavy atom. The molecule has 1 aromatic carbocycles. The molecule has 21 heavy (non-hydrogen) atoms. The largest absolute Gasteiger partial charge is 0.282 e. The Morgan fingerprint density at radius 3 is 2.62 bits per heavy atom. The molecular formula is C17H19N3S. The van der Waals surface area contributed by atoms with Gasteiger partial charge < -0.3 is 0 Å². The van der Waals surface area contributed by atoms with Gasteiger partial charge in [-0.2, -0.15) is 5.10 Å². The summed E-state index contributed by atoms with van der Waals surface area (Å²) in [5, 5.41) is 8.68. The Hall–Kier alpha value is -1.94. The molecule has 0 saturated carbocycles. The molecule has 0 amide bonds. The number of H-pyrrole nitrogens is 1. The van der Waals surface area contributed by atoms with Gasteiger partial charge in [-0.25, -0.2) is 4.98 Å². The van der Waals surface area contributed by atoms with E-state index in [1.807, 2.05) is 13.8 Å². The van der Waals surface area contributed by atoms with E-state index >= 15 is 0 Å². The van der Waals surface area contributed by atoms with E-state index in [1.165, 1.54) is 16.1 Å². The third-order valence-corrected chi connectivity index (χ3v) is 4.62.